The summed E-state index contributed by atoms with van der Waals surface area (Å²) in [6.07, 6.45) is 3.96. The average Bonchev–Trinajstić information content (AvgIpc) is 3.08. The van der Waals surface area contributed by atoms with E-state index in [1.165, 1.54) is 0 Å². The molecule has 4 nitrogen and oxygen atoms in total. The van der Waals surface area contributed by atoms with Gasteiger partial charge in [-0.1, -0.05) is 35.9 Å². The van der Waals surface area contributed by atoms with Crippen molar-refractivity contribution in [2.45, 2.75) is 6.92 Å². The van der Waals surface area contributed by atoms with Crippen molar-refractivity contribution < 1.29 is 4.79 Å². The van der Waals surface area contributed by atoms with Crippen LogP contribution >= 0.6 is 11.6 Å². The summed E-state index contributed by atoms with van der Waals surface area (Å²) in [4.78, 5) is 17.1. The van der Waals surface area contributed by atoms with E-state index >= 15 is 0 Å². The largest absolute Gasteiger partial charge is 0.322 e. The Bertz CT molecular complexity index is 1120. The summed E-state index contributed by atoms with van der Waals surface area (Å²) in [5.74, 6) is -0.199. The fourth-order valence-corrected chi connectivity index (χ4v) is 3.07. The van der Waals surface area contributed by atoms with Gasteiger partial charge in [-0.2, -0.15) is 0 Å². The van der Waals surface area contributed by atoms with E-state index in [4.69, 9.17) is 16.6 Å². The van der Waals surface area contributed by atoms with Gasteiger partial charge in [-0.25, -0.2) is 4.98 Å². The number of nitrogens with one attached hydrogen (secondary N) is 1. The van der Waals surface area contributed by atoms with Crippen LogP contribution in [0.15, 0.2) is 73.1 Å². The number of aryl methyl sites for hydroxylation is 1. The second-order valence-corrected chi connectivity index (χ2v) is 6.53. The van der Waals surface area contributed by atoms with Crippen LogP contribution in [0.1, 0.15) is 15.9 Å². The van der Waals surface area contributed by atoms with Crippen LogP contribution in [0, 0.1) is 6.92 Å². The smallest absolute Gasteiger partial charge is 0.255 e. The van der Waals surface area contributed by atoms with E-state index in [1.807, 2.05) is 60.1 Å². The predicted molar refractivity (Wildman–Crippen MR) is 105 cm³/mol. The molecule has 4 aromatic rings. The lowest BCUT2D eigenvalue weighted by Gasteiger charge is -2.07. The first kappa shape index (κ1) is 16.4. The highest BCUT2D eigenvalue weighted by molar-refractivity contribution is 6.31. The molecule has 0 unspecified atom stereocenters. The topological polar surface area (TPSA) is 46.4 Å². The van der Waals surface area contributed by atoms with Crippen molar-refractivity contribution in [3.8, 4) is 11.3 Å². The Labute approximate surface area is 156 Å². The van der Waals surface area contributed by atoms with Crippen LogP contribution in [0.4, 0.5) is 5.69 Å². The number of hydrogen-bond donors (Lipinski definition) is 1. The monoisotopic (exact) mass is 361 g/mol. The van der Waals surface area contributed by atoms with Gasteiger partial charge in [0, 0.05) is 34.2 Å². The van der Waals surface area contributed by atoms with Crippen LogP contribution in [0.3, 0.4) is 0 Å². The number of halogens is 1. The van der Waals surface area contributed by atoms with Crippen molar-refractivity contribution in [3.63, 3.8) is 0 Å². The number of fused-ring (bicyclic) bond motifs is 1. The zero-order valence-corrected chi connectivity index (χ0v) is 14.9. The Kier molecular flexibility index (Phi) is 4.19. The van der Waals surface area contributed by atoms with Gasteiger partial charge in [0.05, 0.1) is 5.69 Å². The Morgan fingerprint density at radius 3 is 2.73 bits per heavy atom. The van der Waals surface area contributed by atoms with Gasteiger partial charge in [0.2, 0.25) is 0 Å². The lowest BCUT2D eigenvalue weighted by Crippen LogP contribution is -2.11. The number of rotatable bonds is 3. The van der Waals surface area contributed by atoms with E-state index in [0.29, 0.717) is 16.3 Å². The summed E-state index contributed by atoms with van der Waals surface area (Å²) in [6, 6.07) is 18.6. The van der Waals surface area contributed by atoms with Gasteiger partial charge in [-0.3, -0.25) is 4.79 Å². The lowest BCUT2D eigenvalue weighted by atomic mass is 10.1. The Morgan fingerprint density at radius 1 is 1.08 bits per heavy atom. The molecule has 2 aromatic carbocycles. The number of aromatic nitrogens is 2. The molecule has 5 heteroatoms. The molecule has 26 heavy (non-hydrogen) atoms. The molecule has 1 N–H and O–H groups in total. The molecular formula is C21H16ClN3O. The number of anilines is 1. The van der Waals surface area contributed by atoms with Crippen LogP contribution in [0.25, 0.3) is 16.9 Å². The molecule has 2 heterocycles. The molecule has 0 fully saturated rings. The summed E-state index contributed by atoms with van der Waals surface area (Å²) >= 11 is 5.96. The van der Waals surface area contributed by atoms with Crippen LogP contribution in [0.5, 0.6) is 0 Å². The average molecular weight is 362 g/mol. The normalized spacial score (nSPS) is 10.8. The third-order valence-corrected chi connectivity index (χ3v) is 4.42. The van der Waals surface area contributed by atoms with Crippen LogP contribution in [-0.2, 0) is 0 Å². The zero-order valence-electron chi connectivity index (χ0n) is 14.1. The number of carbonyl (C=O) groups excluding carboxylic acids is 1. The Balaban J connectivity index is 1.64. The summed E-state index contributed by atoms with van der Waals surface area (Å²) in [5, 5.41) is 3.44. The molecule has 128 valence electrons. The number of imidazole rings is 1. The number of nitrogens with zero attached hydrogens (tertiary/aromatic N) is 2. The molecule has 2 aromatic heterocycles. The maximum atomic E-state index is 12.4. The van der Waals surface area contributed by atoms with Crippen molar-refractivity contribution in [2.75, 3.05) is 5.32 Å². The number of pyridine rings is 1. The van der Waals surface area contributed by atoms with Crippen LogP contribution in [0.2, 0.25) is 5.02 Å². The molecular weight excluding hydrogens is 346 g/mol. The number of amides is 1. The van der Waals surface area contributed by atoms with Crippen LogP contribution < -0.4 is 5.32 Å². The Hall–Kier alpha value is -3.11. The van der Waals surface area contributed by atoms with E-state index in [9.17, 15) is 4.79 Å². The molecule has 0 spiro atoms. The first-order chi connectivity index (χ1) is 12.6. The molecule has 0 bridgehead atoms. The van der Waals surface area contributed by atoms with Gasteiger partial charge >= 0.3 is 0 Å². The van der Waals surface area contributed by atoms with Gasteiger partial charge in [-0.05, 0) is 48.9 Å². The second kappa shape index (κ2) is 6.65. The summed E-state index contributed by atoms with van der Waals surface area (Å²) in [6.45, 7) is 2.04. The summed E-state index contributed by atoms with van der Waals surface area (Å²) in [7, 11) is 0. The van der Waals surface area contributed by atoms with E-state index in [0.717, 1.165) is 22.5 Å². The molecule has 0 aliphatic rings. The maximum absolute atomic E-state index is 12.4. The molecule has 1 amide bonds. The number of carbonyl (C=O) groups is 1. The van der Waals surface area contributed by atoms with Gasteiger partial charge in [0.1, 0.15) is 5.65 Å². The molecule has 4 rings (SSSR count). The van der Waals surface area contributed by atoms with Gasteiger partial charge in [0.15, 0.2) is 0 Å². The number of hydrogen-bond acceptors (Lipinski definition) is 2. The highest BCUT2D eigenvalue weighted by atomic mass is 35.5. The highest BCUT2D eigenvalue weighted by Crippen LogP contribution is 2.24. The highest BCUT2D eigenvalue weighted by Gasteiger charge is 2.09. The molecule has 0 radical (unpaired) electrons. The van der Waals surface area contributed by atoms with Crippen molar-refractivity contribution in [3.05, 3.63) is 89.2 Å². The first-order valence-electron chi connectivity index (χ1n) is 8.22. The predicted octanol–water partition coefficient (Wildman–Crippen LogP) is 5.22. The quantitative estimate of drug-likeness (QED) is 0.544. The zero-order chi connectivity index (χ0) is 18.1. The van der Waals surface area contributed by atoms with Crippen molar-refractivity contribution in [1.29, 1.82) is 0 Å². The Morgan fingerprint density at radius 2 is 1.92 bits per heavy atom. The van der Waals surface area contributed by atoms with Gasteiger partial charge < -0.3 is 9.72 Å². The molecule has 0 aliphatic heterocycles. The standard InChI is InChI=1S/C21H16ClN3O/c1-14-5-4-10-25-13-19(24-20(14)25)15-6-3-9-18(12-15)23-21(26)16-7-2-8-17(22)11-16/h2-13H,1H3,(H,23,26). The van der Waals surface area contributed by atoms with Crippen LogP contribution in [-0.4, -0.2) is 15.3 Å². The fraction of sp³-hybridized carbons (Fsp3) is 0.0476. The third kappa shape index (κ3) is 3.19. The summed E-state index contributed by atoms with van der Waals surface area (Å²) in [5.41, 5.74) is 5.07. The van der Waals surface area contributed by atoms with Crippen molar-refractivity contribution in [1.82, 2.24) is 9.38 Å². The van der Waals surface area contributed by atoms with Crippen molar-refractivity contribution >= 4 is 28.8 Å². The van der Waals surface area contributed by atoms with E-state index in [-0.39, 0.29) is 5.91 Å². The minimum atomic E-state index is -0.199. The van der Waals surface area contributed by atoms with Gasteiger partial charge in [-0.15, -0.1) is 0 Å². The lowest BCUT2D eigenvalue weighted by molar-refractivity contribution is 0.102. The summed E-state index contributed by atoms with van der Waals surface area (Å²) < 4.78 is 2.00. The fourth-order valence-electron chi connectivity index (χ4n) is 2.88. The second-order valence-electron chi connectivity index (χ2n) is 6.09. The third-order valence-electron chi connectivity index (χ3n) is 4.18. The molecule has 0 aliphatic carbocycles. The molecule has 0 saturated heterocycles. The van der Waals surface area contributed by atoms with Gasteiger partial charge in [0.25, 0.3) is 5.91 Å². The van der Waals surface area contributed by atoms with E-state index < -0.39 is 0 Å². The minimum absolute atomic E-state index is 0.199. The van der Waals surface area contributed by atoms with Crippen molar-refractivity contribution in [2.24, 2.45) is 0 Å². The van der Waals surface area contributed by atoms with E-state index in [2.05, 4.69) is 5.32 Å². The van der Waals surface area contributed by atoms with E-state index in [1.54, 1.807) is 24.3 Å². The first-order valence-corrected chi connectivity index (χ1v) is 8.60. The SMILES string of the molecule is Cc1cccn2cc(-c3cccc(NC(=O)c4cccc(Cl)c4)c3)nc12. The maximum Gasteiger partial charge on any atom is 0.255 e. The minimum Gasteiger partial charge on any atom is -0.322 e. The molecule has 0 atom stereocenters. The number of benzene rings is 2. The molecule has 0 saturated carbocycles.